The Labute approximate surface area is 123 Å². The maximum atomic E-state index is 6.07. The molecule has 2 heteroatoms. The summed E-state index contributed by atoms with van der Waals surface area (Å²) in [4.78, 5) is 0. The van der Waals surface area contributed by atoms with Gasteiger partial charge in [0, 0.05) is 12.6 Å². The molecule has 0 bridgehead atoms. The third-order valence-corrected chi connectivity index (χ3v) is 4.35. The van der Waals surface area contributed by atoms with Gasteiger partial charge in [-0.2, -0.15) is 0 Å². The molecule has 1 saturated heterocycles. The summed E-state index contributed by atoms with van der Waals surface area (Å²) in [5, 5.41) is 3.71. The van der Waals surface area contributed by atoms with Crippen LogP contribution in [0, 0.1) is 13.8 Å². The van der Waals surface area contributed by atoms with Crippen molar-refractivity contribution in [1.82, 2.24) is 5.32 Å². The highest BCUT2D eigenvalue weighted by atomic mass is 16.5. The first-order valence-corrected chi connectivity index (χ1v) is 7.98. The summed E-state index contributed by atoms with van der Waals surface area (Å²) in [6.07, 6.45) is 4.57. The minimum Gasteiger partial charge on any atom is -0.374 e. The standard InChI is InChI=1S/C18H29NO/c1-5-8-19-17(18(4)7-6-9-20-18)13-16-11-14(2)10-15(3)12-16/h10-12,17,19H,5-9,13H2,1-4H3. The minimum atomic E-state index is -0.00712. The molecular formula is C18H29NO. The van der Waals surface area contributed by atoms with Crippen molar-refractivity contribution in [3.63, 3.8) is 0 Å². The first kappa shape index (κ1) is 15.5. The van der Waals surface area contributed by atoms with Crippen LogP contribution in [-0.4, -0.2) is 24.8 Å². The number of rotatable bonds is 6. The highest BCUT2D eigenvalue weighted by Gasteiger charge is 2.37. The van der Waals surface area contributed by atoms with Gasteiger partial charge in [-0.25, -0.2) is 0 Å². The Balaban J connectivity index is 2.14. The van der Waals surface area contributed by atoms with E-state index in [4.69, 9.17) is 4.74 Å². The van der Waals surface area contributed by atoms with E-state index in [1.165, 1.54) is 36.0 Å². The van der Waals surface area contributed by atoms with Crippen LogP contribution in [0.2, 0.25) is 0 Å². The summed E-state index contributed by atoms with van der Waals surface area (Å²) in [6.45, 7) is 10.8. The maximum absolute atomic E-state index is 6.07. The van der Waals surface area contributed by atoms with Crippen LogP contribution in [0.5, 0.6) is 0 Å². The molecule has 1 aliphatic heterocycles. The highest BCUT2D eigenvalue weighted by Crippen LogP contribution is 2.30. The normalized spacial score (nSPS) is 24.0. The van der Waals surface area contributed by atoms with Gasteiger partial charge in [-0.1, -0.05) is 36.2 Å². The van der Waals surface area contributed by atoms with Gasteiger partial charge in [0.2, 0.25) is 0 Å². The van der Waals surface area contributed by atoms with Gasteiger partial charge in [0.15, 0.2) is 0 Å². The average molecular weight is 275 g/mol. The third-order valence-electron chi connectivity index (χ3n) is 4.35. The van der Waals surface area contributed by atoms with Gasteiger partial charge in [0.1, 0.15) is 0 Å². The highest BCUT2D eigenvalue weighted by molar-refractivity contribution is 5.29. The fourth-order valence-electron chi connectivity index (χ4n) is 3.32. The van der Waals surface area contributed by atoms with Crippen molar-refractivity contribution in [3.8, 4) is 0 Å². The van der Waals surface area contributed by atoms with E-state index in [-0.39, 0.29) is 5.60 Å². The molecule has 0 aromatic heterocycles. The predicted molar refractivity (Wildman–Crippen MR) is 85.3 cm³/mol. The van der Waals surface area contributed by atoms with E-state index in [0.717, 1.165) is 19.6 Å². The maximum Gasteiger partial charge on any atom is 0.0810 e. The summed E-state index contributed by atoms with van der Waals surface area (Å²) in [5.74, 6) is 0. The van der Waals surface area contributed by atoms with Crippen LogP contribution < -0.4 is 5.32 Å². The van der Waals surface area contributed by atoms with Gasteiger partial charge in [0.25, 0.3) is 0 Å². The molecule has 112 valence electrons. The topological polar surface area (TPSA) is 21.3 Å². The van der Waals surface area contributed by atoms with E-state index in [9.17, 15) is 0 Å². The molecule has 1 aromatic carbocycles. The third kappa shape index (κ3) is 3.83. The molecule has 1 N–H and O–H groups in total. The number of nitrogens with one attached hydrogen (secondary N) is 1. The molecule has 1 heterocycles. The first-order chi connectivity index (χ1) is 9.53. The van der Waals surface area contributed by atoms with Crippen LogP contribution in [0.15, 0.2) is 18.2 Å². The Bertz CT molecular complexity index is 415. The fourth-order valence-corrected chi connectivity index (χ4v) is 3.32. The van der Waals surface area contributed by atoms with E-state index in [1.54, 1.807) is 0 Å². The van der Waals surface area contributed by atoms with E-state index in [0.29, 0.717) is 6.04 Å². The Morgan fingerprint density at radius 3 is 2.50 bits per heavy atom. The average Bonchev–Trinajstić information content (AvgIpc) is 2.81. The van der Waals surface area contributed by atoms with E-state index in [1.807, 2.05) is 0 Å². The predicted octanol–water partition coefficient (Wildman–Crippen LogP) is 3.78. The Morgan fingerprint density at radius 2 is 1.95 bits per heavy atom. The number of benzene rings is 1. The lowest BCUT2D eigenvalue weighted by Crippen LogP contribution is -2.50. The van der Waals surface area contributed by atoms with Gasteiger partial charge < -0.3 is 10.1 Å². The molecule has 2 unspecified atom stereocenters. The zero-order chi connectivity index (χ0) is 14.6. The lowest BCUT2D eigenvalue weighted by Gasteiger charge is -2.34. The Morgan fingerprint density at radius 1 is 1.25 bits per heavy atom. The van der Waals surface area contributed by atoms with Crippen LogP contribution in [-0.2, 0) is 11.2 Å². The van der Waals surface area contributed by atoms with Crippen molar-refractivity contribution in [2.45, 2.75) is 65.0 Å². The van der Waals surface area contributed by atoms with E-state index >= 15 is 0 Å². The van der Waals surface area contributed by atoms with Crippen LogP contribution in [0.25, 0.3) is 0 Å². The number of hydrogen-bond donors (Lipinski definition) is 1. The van der Waals surface area contributed by atoms with Crippen molar-refractivity contribution >= 4 is 0 Å². The quantitative estimate of drug-likeness (QED) is 0.853. The molecule has 2 rings (SSSR count). The molecule has 2 atom stereocenters. The first-order valence-electron chi connectivity index (χ1n) is 7.98. The molecule has 0 saturated carbocycles. The van der Waals surface area contributed by atoms with Gasteiger partial charge in [-0.15, -0.1) is 0 Å². The largest absolute Gasteiger partial charge is 0.374 e. The summed E-state index contributed by atoms with van der Waals surface area (Å²) in [5.41, 5.74) is 4.12. The van der Waals surface area contributed by atoms with Crippen molar-refractivity contribution < 1.29 is 4.74 Å². The van der Waals surface area contributed by atoms with Crippen molar-refractivity contribution in [2.24, 2.45) is 0 Å². The lowest BCUT2D eigenvalue weighted by atomic mass is 9.87. The van der Waals surface area contributed by atoms with Crippen LogP contribution in [0.3, 0.4) is 0 Å². The summed E-state index contributed by atoms with van der Waals surface area (Å²) in [6, 6.07) is 7.27. The zero-order valence-corrected chi connectivity index (χ0v) is 13.5. The monoisotopic (exact) mass is 275 g/mol. The number of hydrogen-bond acceptors (Lipinski definition) is 2. The smallest absolute Gasteiger partial charge is 0.0810 e. The van der Waals surface area contributed by atoms with Crippen LogP contribution in [0.4, 0.5) is 0 Å². The molecule has 0 spiro atoms. The molecule has 0 aliphatic carbocycles. The number of ether oxygens (including phenoxy) is 1. The second-order valence-electron chi connectivity index (χ2n) is 6.47. The van der Waals surface area contributed by atoms with Gasteiger partial charge in [0.05, 0.1) is 5.60 Å². The van der Waals surface area contributed by atoms with Crippen molar-refractivity contribution in [3.05, 3.63) is 34.9 Å². The van der Waals surface area contributed by atoms with Crippen LogP contribution >= 0.6 is 0 Å². The second kappa shape index (κ2) is 6.73. The molecule has 2 nitrogen and oxygen atoms in total. The Hall–Kier alpha value is -0.860. The lowest BCUT2D eigenvalue weighted by molar-refractivity contribution is -0.0114. The van der Waals surface area contributed by atoms with Gasteiger partial charge in [-0.3, -0.25) is 0 Å². The molecular weight excluding hydrogens is 246 g/mol. The van der Waals surface area contributed by atoms with Crippen molar-refractivity contribution in [1.29, 1.82) is 0 Å². The molecule has 1 fully saturated rings. The molecule has 20 heavy (non-hydrogen) atoms. The van der Waals surface area contributed by atoms with E-state index in [2.05, 4.69) is 51.2 Å². The van der Waals surface area contributed by atoms with Crippen molar-refractivity contribution in [2.75, 3.05) is 13.2 Å². The SMILES string of the molecule is CCCNC(Cc1cc(C)cc(C)c1)C1(C)CCCO1. The van der Waals surface area contributed by atoms with E-state index < -0.39 is 0 Å². The zero-order valence-electron chi connectivity index (χ0n) is 13.5. The number of aryl methyl sites for hydroxylation is 2. The molecule has 0 amide bonds. The molecule has 0 radical (unpaired) electrons. The summed E-state index contributed by atoms with van der Waals surface area (Å²) in [7, 11) is 0. The van der Waals surface area contributed by atoms with Crippen LogP contribution in [0.1, 0.15) is 49.8 Å². The minimum absolute atomic E-state index is 0.00712. The summed E-state index contributed by atoms with van der Waals surface area (Å²) >= 11 is 0. The summed E-state index contributed by atoms with van der Waals surface area (Å²) < 4.78 is 6.07. The molecule has 1 aliphatic rings. The Kier molecular flexibility index (Phi) is 5.22. The second-order valence-corrected chi connectivity index (χ2v) is 6.47. The van der Waals surface area contributed by atoms with Gasteiger partial charge in [-0.05, 0) is 58.6 Å². The molecule has 1 aromatic rings. The fraction of sp³-hybridized carbons (Fsp3) is 0.667. The van der Waals surface area contributed by atoms with Gasteiger partial charge >= 0.3 is 0 Å².